The van der Waals surface area contributed by atoms with E-state index < -0.39 is 0 Å². The van der Waals surface area contributed by atoms with Crippen LogP contribution in [0.1, 0.15) is 47.0 Å². The van der Waals surface area contributed by atoms with Gasteiger partial charge in [0.25, 0.3) is 5.91 Å². The molecule has 142 valence electrons. The number of amides is 1. The Kier molecular flexibility index (Phi) is 5.51. The molecule has 1 amide bonds. The molecule has 2 aromatic rings. The van der Waals surface area contributed by atoms with Crippen molar-refractivity contribution in [3.05, 3.63) is 76.9 Å². The van der Waals surface area contributed by atoms with Gasteiger partial charge in [-0.2, -0.15) is 0 Å². The molecule has 0 radical (unpaired) electrons. The van der Waals surface area contributed by atoms with Crippen molar-refractivity contribution >= 4 is 5.91 Å². The number of allylic oxidation sites excluding steroid dienone is 1. The quantitative estimate of drug-likeness (QED) is 0.696. The first-order valence-corrected chi connectivity index (χ1v) is 9.12. The Bertz CT molecular complexity index is 881. The minimum Gasteiger partial charge on any atom is -0.507 e. The molecule has 1 aromatic carbocycles. The van der Waals surface area contributed by atoms with E-state index in [-0.39, 0.29) is 11.4 Å². The first kappa shape index (κ1) is 19.0. The highest BCUT2D eigenvalue weighted by Gasteiger charge is 2.23. The maximum absolute atomic E-state index is 12.3. The molecule has 5 heteroatoms. The summed E-state index contributed by atoms with van der Waals surface area (Å²) in [6.07, 6.45) is 9.13. The summed E-state index contributed by atoms with van der Waals surface area (Å²) >= 11 is 0. The molecule has 1 atom stereocenters. The average Bonchev–Trinajstić information content (AvgIpc) is 3.09. The highest BCUT2D eigenvalue weighted by Crippen LogP contribution is 2.26. The number of benzene rings is 1. The highest BCUT2D eigenvalue weighted by molar-refractivity contribution is 5.92. The summed E-state index contributed by atoms with van der Waals surface area (Å²) < 4.78 is 5.16. The van der Waals surface area contributed by atoms with Crippen molar-refractivity contribution in [2.45, 2.75) is 45.7 Å². The number of hydrogen-bond donors (Lipinski definition) is 3. The van der Waals surface area contributed by atoms with E-state index in [0.29, 0.717) is 24.5 Å². The number of aromatic hydroxyl groups is 1. The zero-order valence-electron chi connectivity index (χ0n) is 16.0. The minimum absolute atomic E-state index is 0.254. The molecule has 1 aliphatic rings. The molecule has 0 saturated heterocycles. The normalized spacial score (nSPS) is 19.4. The van der Waals surface area contributed by atoms with Gasteiger partial charge < -0.3 is 20.2 Å². The lowest BCUT2D eigenvalue weighted by Crippen LogP contribution is -2.40. The number of phenolic OH excluding ortho intramolecular Hbond substituents is 1. The Balaban J connectivity index is 1.75. The second kappa shape index (κ2) is 7.84. The fourth-order valence-electron chi connectivity index (χ4n) is 3.35. The minimum atomic E-state index is -0.344. The molecule has 1 aliphatic carbocycles. The van der Waals surface area contributed by atoms with Gasteiger partial charge in [-0.15, -0.1) is 0 Å². The van der Waals surface area contributed by atoms with Crippen LogP contribution in [-0.2, 0) is 6.54 Å². The van der Waals surface area contributed by atoms with Crippen molar-refractivity contribution < 1.29 is 14.3 Å². The van der Waals surface area contributed by atoms with E-state index in [1.807, 2.05) is 32.1 Å². The molecular weight excluding hydrogens is 340 g/mol. The van der Waals surface area contributed by atoms with Gasteiger partial charge in [-0.05, 0) is 51.0 Å². The zero-order chi connectivity index (χ0) is 19.4. The van der Waals surface area contributed by atoms with Crippen molar-refractivity contribution in [1.82, 2.24) is 10.6 Å². The third-order valence-electron chi connectivity index (χ3n) is 4.76. The van der Waals surface area contributed by atoms with E-state index in [1.54, 1.807) is 12.1 Å². The Hall–Kier alpha value is -2.79. The van der Waals surface area contributed by atoms with Crippen LogP contribution in [0.5, 0.6) is 5.75 Å². The molecule has 0 spiro atoms. The SMILES string of the molecule is Cc1cc(C)c(O)c(CNC2(C)C=C(NC(=O)c3ccco3)CC=CC2)c1. The van der Waals surface area contributed by atoms with Gasteiger partial charge in [0.2, 0.25) is 0 Å². The highest BCUT2D eigenvalue weighted by atomic mass is 16.3. The fourth-order valence-corrected chi connectivity index (χ4v) is 3.35. The third-order valence-corrected chi connectivity index (χ3v) is 4.76. The lowest BCUT2D eigenvalue weighted by Gasteiger charge is -2.27. The van der Waals surface area contributed by atoms with E-state index in [2.05, 4.69) is 29.7 Å². The maximum atomic E-state index is 12.3. The molecule has 0 fully saturated rings. The van der Waals surface area contributed by atoms with E-state index in [1.165, 1.54) is 6.26 Å². The van der Waals surface area contributed by atoms with Crippen LogP contribution < -0.4 is 10.6 Å². The van der Waals surface area contributed by atoms with E-state index >= 15 is 0 Å². The van der Waals surface area contributed by atoms with Crippen LogP contribution in [0, 0.1) is 13.8 Å². The van der Waals surface area contributed by atoms with Gasteiger partial charge in [-0.25, -0.2) is 0 Å². The van der Waals surface area contributed by atoms with Crippen molar-refractivity contribution in [3.8, 4) is 5.75 Å². The summed E-state index contributed by atoms with van der Waals surface area (Å²) in [5.41, 5.74) is 3.35. The van der Waals surface area contributed by atoms with E-state index in [9.17, 15) is 9.90 Å². The van der Waals surface area contributed by atoms with E-state index in [4.69, 9.17) is 4.42 Å². The van der Waals surface area contributed by atoms with Crippen LogP contribution in [-0.4, -0.2) is 16.6 Å². The van der Waals surface area contributed by atoms with Gasteiger partial charge in [0.05, 0.1) is 6.26 Å². The fraction of sp³-hybridized carbons (Fsp3) is 0.318. The molecule has 0 saturated carbocycles. The molecule has 1 aromatic heterocycles. The van der Waals surface area contributed by atoms with Gasteiger partial charge in [0.1, 0.15) is 5.75 Å². The molecule has 1 heterocycles. The van der Waals surface area contributed by atoms with Crippen molar-refractivity contribution in [1.29, 1.82) is 0 Å². The lowest BCUT2D eigenvalue weighted by molar-refractivity contribution is 0.0937. The number of rotatable bonds is 5. The second-order valence-corrected chi connectivity index (χ2v) is 7.34. The molecule has 3 N–H and O–H groups in total. The smallest absolute Gasteiger partial charge is 0.291 e. The summed E-state index contributed by atoms with van der Waals surface area (Å²) in [4.78, 5) is 12.3. The average molecular weight is 366 g/mol. The number of carbonyl (C=O) groups excluding carboxylic acids is 1. The number of furan rings is 1. The second-order valence-electron chi connectivity index (χ2n) is 7.34. The van der Waals surface area contributed by atoms with Crippen LogP contribution >= 0.6 is 0 Å². The van der Waals surface area contributed by atoms with Crippen LogP contribution in [0.3, 0.4) is 0 Å². The first-order chi connectivity index (χ1) is 12.9. The number of phenols is 1. The molecular formula is C22H26N2O3. The van der Waals surface area contributed by atoms with Crippen molar-refractivity contribution in [2.24, 2.45) is 0 Å². The summed E-state index contributed by atoms with van der Waals surface area (Å²) in [5.74, 6) is 0.367. The topological polar surface area (TPSA) is 74.5 Å². The van der Waals surface area contributed by atoms with E-state index in [0.717, 1.165) is 28.8 Å². The van der Waals surface area contributed by atoms with Gasteiger partial charge in [-0.3, -0.25) is 4.79 Å². The molecule has 0 aliphatic heterocycles. The zero-order valence-corrected chi connectivity index (χ0v) is 16.0. The summed E-state index contributed by atoms with van der Waals surface area (Å²) in [6.45, 7) is 6.55. The number of hydrogen-bond acceptors (Lipinski definition) is 4. The molecule has 0 bridgehead atoms. The van der Waals surface area contributed by atoms with Crippen molar-refractivity contribution in [3.63, 3.8) is 0 Å². The molecule has 5 nitrogen and oxygen atoms in total. The molecule has 27 heavy (non-hydrogen) atoms. The Morgan fingerprint density at radius 3 is 2.85 bits per heavy atom. The van der Waals surface area contributed by atoms with Crippen LogP contribution in [0.2, 0.25) is 0 Å². The van der Waals surface area contributed by atoms with Gasteiger partial charge in [-0.1, -0.05) is 29.8 Å². The Morgan fingerprint density at radius 2 is 2.11 bits per heavy atom. The van der Waals surface area contributed by atoms with Crippen molar-refractivity contribution in [2.75, 3.05) is 0 Å². The maximum Gasteiger partial charge on any atom is 0.291 e. The summed E-state index contributed by atoms with van der Waals surface area (Å²) in [7, 11) is 0. The van der Waals surface area contributed by atoms with Gasteiger partial charge in [0.15, 0.2) is 5.76 Å². The van der Waals surface area contributed by atoms with Crippen LogP contribution in [0.25, 0.3) is 0 Å². The standard InChI is InChI=1S/C22H26N2O3/c1-15-11-16(2)20(25)17(12-15)14-23-22(3)9-5-4-7-18(13-22)24-21(26)19-8-6-10-27-19/h4-6,8,10-13,23,25H,7,9,14H2,1-3H3,(H,24,26). The molecule has 3 rings (SSSR count). The predicted octanol–water partition coefficient (Wildman–Crippen LogP) is 4.11. The predicted molar refractivity (Wildman–Crippen MR) is 105 cm³/mol. The number of nitrogens with one attached hydrogen (secondary N) is 2. The first-order valence-electron chi connectivity index (χ1n) is 9.12. The summed E-state index contributed by atoms with van der Waals surface area (Å²) in [6, 6.07) is 7.30. The Morgan fingerprint density at radius 1 is 1.30 bits per heavy atom. The van der Waals surface area contributed by atoms with Gasteiger partial charge in [0, 0.05) is 29.8 Å². The van der Waals surface area contributed by atoms with Crippen LogP contribution in [0.4, 0.5) is 0 Å². The Labute approximate surface area is 159 Å². The van der Waals surface area contributed by atoms with Crippen LogP contribution in [0.15, 0.2) is 58.9 Å². The number of carbonyl (C=O) groups is 1. The molecule has 1 unspecified atom stereocenters. The lowest BCUT2D eigenvalue weighted by atomic mass is 9.96. The third kappa shape index (κ3) is 4.68. The van der Waals surface area contributed by atoms with Gasteiger partial charge >= 0.3 is 0 Å². The monoisotopic (exact) mass is 366 g/mol. The summed E-state index contributed by atoms with van der Waals surface area (Å²) in [5, 5.41) is 16.8. The number of aryl methyl sites for hydroxylation is 2. The largest absolute Gasteiger partial charge is 0.507 e.